The molecule has 2 atom stereocenters. The Bertz CT molecular complexity index is 1450. The third kappa shape index (κ3) is 69.5. The summed E-state index contributed by atoms with van der Waals surface area (Å²) in [5, 5.41) is 0. The van der Waals surface area contributed by atoms with Gasteiger partial charge in [0, 0.05) is 12.8 Å². The highest BCUT2D eigenvalue weighted by Crippen LogP contribution is 2.38. The zero-order valence-electron chi connectivity index (χ0n) is 56.2. The van der Waals surface area contributed by atoms with Gasteiger partial charge in [-0.2, -0.15) is 0 Å². The number of allylic oxidation sites excluding steroid dienone is 4. The second kappa shape index (κ2) is 64.9. The van der Waals surface area contributed by atoms with Crippen LogP contribution >= 0.6 is 7.82 Å². The van der Waals surface area contributed by atoms with Crippen molar-refractivity contribution in [3.63, 3.8) is 0 Å². The van der Waals surface area contributed by atoms with Crippen molar-refractivity contribution in [3.8, 4) is 0 Å². The third-order valence-corrected chi connectivity index (χ3v) is 17.7. The lowest BCUT2D eigenvalue weighted by atomic mass is 10.0. The Morgan fingerprint density at radius 3 is 0.952 bits per heavy atom. The second-order valence-electron chi connectivity index (χ2n) is 26.3. The zero-order valence-corrected chi connectivity index (χ0v) is 57.1. The van der Waals surface area contributed by atoms with Crippen LogP contribution in [0, 0.1) is 0 Å². The number of esters is 2. The number of hydrogen-bond acceptors (Lipinski definition) is 8. The molecule has 0 heterocycles. The maximum absolute atomic E-state index is 12.9. The quantitative estimate of drug-likeness (QED) is 0.0195. The average molecular weight is 1190 g/mol. The smallest absolute Gasteiger partial charge is 0.306 e. The van der Waals surface area contributed by atoms with Crippen LogP contribution in [0.1, 0.15) is 380 Å². The fraction of sp³-hybridized carbons (Fsp3) is 0.918. The van der Waals surface area contributed by atoms with E-state index in [4.69, 9.17) is 18.5 Å². The van der Waals surface area contributed by atoms with Crippen LogP contribution in [0.25, 0.3) is 0 Å². The molecule has 0 bridgehead atoms. The predicted octanol–water partition coefficient (Wildman–Crippen LogP) is 23.0. The van der Waals surface area contributed by atoms with Crippen LogP contribution in [-0.2, 0) is 32.7 Å². The molecule has 10 heteroatoms. The number of carbonyl (C=O) groups is 2. The Labute approximate surface area is 517 Å². The molecule has 0 amide bonds. The van der Waals surface area contributed by atoms with E-state index in [1.807, 2.05) is 21.1 Å². The van der Waals surface area contributed by atoms with Crippen molar-refractivity contribution in [2.75, 3.05) is 47.5 Å². The Morgan fingerprint density at radius 1 is 0.373 bits per heavy atom. The van der Waals surface area contributed by atoms with Crippen LogP contribution in [0.3, 0.4) is 0 Å². The van der Waals surface area contributed by atoms with Crippen LogP contribution < -0.4 is 4.89 Å². The Morgan fingerprint density at radius 2 is 0.651 bits per heavy atom. The second-order valence-corrected chi connectivity index (χ2v) is 27.7. The lowest BCUT2D eigenvalue weighted by Gasteiger charge is -2.28. The van der Waals surface area contributed by atoms with Crippen LogP contribution in [0.15, 0.2) is 24.3 Å². The van der Waals surface area contributed by atoms with Gasteiger partial charge in [0.25, 0.3) is 7.82 Å². The van der Waals surface area contributed by atoms with Gasteiger partial charge in [-0.1, -0.05) is 346 Å². The van der Waals surface area contributed by atoms with E-state index >= 15 is 0 Å². The van der Waals surface area contributed by atoms with Crippen LogP contribution in [0.4, 0.5) is 0 Å². The summed E-state index contributed by atoms with van der Waals surface area (Å²) in [6.45, 7) is 4.31. The number of hydrogen-bond donors (Lipinski definition) is 0. The molecule has 0 aromatic heterocycles. The first-order valence-corrected chi connectivity index (χ1v) is 38.0. The number of likely N-dealkylation sites (N-methyl/N-ethyl adjacent to an activating group) is 1. The minimum absolute atomic E-state index is 0.0262. The Hall–Kier alpha value is -1.51. The fourth-order valence-corrected chi connectivity index (χ4v) is 11.8. The van der Waals surface area contributed by atoms with Crippen LogP contribution in [0.5, 0.6) is 0 Å². The molecule has 0 rings (SSSR count). The highest BCUT2D eigenvalue weighted by Gasteiger charge is 2.22. The van der Waals surface area contributed by atoms with Crippen molar-refractivity contribution < 1.29 is 42.1 Å². The highest BCUT2D eigenvalue weighted by molar-refractivity contribution is 7.45. The van der Waals surface area contributed by atoms with Gasteiger partial charge in [0.1, 0.15) is 19.8 Å². The molecule has 0 aromatic rings. The van der Waals surface area contributed by atoms with E-state index in [0.717, 1.165) is 38.5 Å². The van der Waals surface area contributed by atoms with E-state index in [-0.39, 0.29) is 32.0 Å². The molecule has 83 heavy (non-hydrogen) atoms. The molecule has 0 fully saturated rings. The standard InChI is InChI=1S/C73H142NO8P/c1-6-8-10-12-14-16-18-20-22-24-26-28-30-31-32-33-34-35-36-37-38-39-40-41-42-43-44-46-48-50-52-54-56-58-60-62-64-66-73(76)82-71(70-81-83(77,78)80-68-67-74(3,4)5)69-79-72(75)65-63-61-59-57-55-53-51-49-47-45-29-27-25-23-21-19-17-15-13-11-9-7-2/h18,20,24,26,71H,6-17,19,21-23,25,27-70H2,1-5H3/b20-18-,26-24-. The monoisotopic (exact) mass is 1190 g/mol. The molecule has 0 radical (unpaired) electrons. The van der Waals surface area contributed by atoms with Gasteiger partial charge >= 0.3 is 11.9 Å². The molecule has 0 aliphatic heterocycles. The van der Waals surface area contributed by atoms with Crippen molar-refractivity contribution in [1.29, 1.82) is 0 Å². The van der Waals surface area contributed by atoms with Gasteiger partial charge in [-0.15, -0.1) is 0 Å². The number of phosphoric acid groups is 1. The van der Waals surface area contributed by atoms with E-state index in [1.54, 1.807) is 0 Å². The molecule has 0 aromatic carbocycles. The van der Waals surface area contributed by atoms with Gasteiger partial charge in [0.05, 0.1) is 27.7 Å². The van der Waals surface area contributed by atoms with E-state index in [2.05, 4.69) is 38.2 Å². The van der Waals surface area contributed by atoms with Crippen molar-refractivity contribution in [3.05, 3.63) is 24.3 Å². The van der Waals surface area contributed by atoms with Crippen molar-refractivity contribution in [2.45, 2.75) is 386 Å². The molecule has 0 aliphatic carbocycles. The van der Waals surface area contributed by atoms with E-state index in [9.17, 15) is 19.0 Å². The summed E-state index contributed by atoms with van der Waals surface area (Å²) in [5.41, 5.74) is 0. The van der Waals surface area contributed by atoms with Gasteiger partial charge < -0.3 is 27.9 Å². The minimum Gasteiger partial charge on any atom is -0.756 e. The first-order chi connectivity index (χ1) is 40.5. The molecule has 0 saturated carbocycles. The number of quaternary nitrogens is 1. The van der Waals surface area contributed by atoms with Crippen LogP contribution in [-0.4, -0.2) is 70.0 Å². The van der Waals surface area contributed by atoms with Crippen molar-refractivity contribution >= 4 is 19.8 Å². The number of phosphoric ester groups is 1. The van der Waals surface area contributed by atoms with E-state index < -0.39 is 26.5 Å². The number of carbonyl (C=O) groups excluding carboxylic acids is 2. The van der Waals surface area contributed by atoms with Crippen molar-refractivity contribution in [1.82, 2.24) is 0 Å². The molecular weight excluding hydrogens is 1050 g/mol. The number of unbranched alkanes of at least 4 members (excludes halogenated alkanes) is 51. The molecular formula is C73H142NO8P. The lowest BCUT2D eigenvalue weighted by Crippen LogP contribution is -2.37. The normalized spacial score (nSPS) is 13.2. The van der Waals surface area contributed by atoms with Crippen molar-refractivity contribution in [2.24, 2.45) is 0 Å². The SMILES string of the molecule is CCCCCCC/C=C\C/C=C\CCCCCCCCCCCCCCCCCCCCCCCCCCCC(=O)OC(COC(=O)CCCCCCCCCCCCCCCCCCCCCCCC)COP(=O)([O-])OCC[N+](C)(C)C. The first-order valence-electron chi connectivity index (χ1n) is 36.5. The zero-order chi connectivity index (χ0) is 60.5. The fourth-order valence-electron chi connectivity index (χ4n) is 11.1. The molecule has 2 unspecified atom stereocenters. The molecule has 9 nitrogen and oxygen atoms in total. The molecule has 0 saturated heterocycles. The summed E-state index contributed by atoms with van der Waals surface area (Å²) < 4.78 is 34.3. The average Bonchev–Trinajstić information content (AvgIpc) is 3.49. The van der Waals surface area contributed by atoms with E-state index in [0.29, 0.717) is 17.4 Å². The summed E-state index contributed by atoms with van der Waals surface area (Å²) in [7, 11) is 1.19. The summed E-state index contributed by atoms with van der Waals surface area (Å²) in [5.74, 6) is -0.807. The maximum atomic E-state index is 12.9. The number of ether oxygens (including phenoxy) is 2. The van der Waals surface area contributed by atoms with Gasteiger partial charge in [-0.05, 0) is 44.9 Å². The molecule has 0 N–H and O–H groups in total. The van der Waals surface area contributed by atoms with Gasteiger partial charge in [0.15, 0.2) is 6.10 Å². The summed E-state index contributed by atoms with van der Waals surface area (Å²) >= 11 is 0. The highest BCUT2D eigenvalue weighted by atomic mass is 31.2. The number of rotatable bonds is 69. The van der Waals surface area contributed by atoms with Crippen LogP contribution in [0.2, 0.25) is 0 Å². The summed E-state index contributed by atoms with van der Waals surface area (Å²) in [4.78, 5) is 38.1. The van der Waals surface area contributed by atoms with Gasteiger partial charge in [0.2, 0.25) is 0 Å². The predicted molar refractivity (Wildman–Crippen MR) is 356 cm³/mol. The summed E-state index contributed by atoms with van der Waals surface area (Å²) in [6, 6.07) is 0. The number of nitrogens with zero attached hydrogens (tertiary/aromatic N) is 1. The Kier molecular flexibility index (Phi) is 63.8. The minimum atomic E-state index is -4.64. The maximum Gasteiger partial charge on any atom is 0.306 e. The first kappa shape index (κ1) is 81.5. The van der Waals surface area contributed by atoms with E-state index in [1.165, 1.54) is 308 Å². The molecule has 0 spiro atoms. The third-order valence-electron chi connectivity index (χ3n) is 16.7. The topological polar surface area (TPSA) is 111 Å². The molecule has 0 aliphatic rings. The lowest BCUT2D eigenvalue weighted by molar-refractivity contribution is -0.870. The van der Waals surface area contributed by atoms with Gasteiger partial charge in [-0.25, -0.2) is 0 Å². The largest absolute Gasteiger partial charge is 0.756 e. The Balaban J connectivity index is 3.91. The molecule has 492 valence electrons. The summed E-state index contributed by atoms with van der Waals surface area (Å²) in [6.07, 6.45) is 81.4. The van der Waals surface area contributed by atoms with Gasteiger partial charge in [-0.3, -0.25) is 14.2 Å².